The Morgan fingerprint density at radius 2 is 2.29 bits per heavy atom. The number of rotatable bonds is 2. The van der Waals surface area contributed by atoms with Crippen LogP contribution in [0.25, 0.3) is 0 Å². The van der Waals surface area contributed by atoms with Crippen molar-refractivity contribution in [1.29, 1.82) is 0 Å². The molecule has 3 rings (SSSR count). The van der Waals surface area contributed by atoms with Crippen LogP contribution in [0.2, 0.25) is 0 Å². The number of carboxylic acid groups (broad SMARTS) is 1. The number of carbonyl (C=O) groups is 1. The molecule has 112 valence electrons. The highest BCUT2D eigenvalue weighted by molar-refractivity contribution is 6.64. The van der Waals surface area contributed by atoms with Crippen LogP contribution >= 0.6 is 0 Å². The first-order valence-electron chi connectivity index (χ1n) is 6.94. The molecule has 2 heterocycles. The van der Waals surface area contributed by atoms with Crippen molar-refractivity contribution >= 4 is 18.7 Å². The highest BCUT2D eigenvalue weighted by atomic mass is 16.6. The third-order valence-corrected chi connectivity index (χ3v) is 3.75. The van der Waals surface area contributed by atoms with Crippen molar-refractivity contribution in [1.82, 2.24) is 5.32 Å². The van der Waals surface area contributed by atoms with Crippen LogP contribution in [-0.2, 0) is 9.31 Å². The van der Waals surface area contributed by atoms with Crippen LogP contribution in [0.15, 0.2) is 12.1 Å². The lowest BCUT2D eigenvalue weighted by atomic mass is 9.76. The maximum atomic E-state index is 10.7. The van der Waals surface area contributed by atoms with E-state index in [4.69, 9.17) is 19.2 Å². The molecule has 0 spiro atoms. The van der Waals surface area contributed by atoms with Crippen LogP contribution < -0.4 is 15.5 Å². The highest BCUT2D eigenvalue weighted by Crippen LogP contribution is 2.34. The zero-order valence-electron chi connectivity index (χ0n) is 12.3. The first kappa shape index (κ1) is 14.2. The molecule has 0 unspecified atom stereocenters. The maximum Gasteiger partial charge on any atom is 0.499 e. The fraction of sp³-hybridized carbons (Fsp3) is 0.500. The molecule has 0 saturated carbocycles. The van der Waals surface area contributed by atoms with Gasteiger partial charge in [0.2, 0.25) is 0 Å². The fourth-order valence-corrected chi connectivity index (χ4v) is 2.80. The van der Waals surface area contributed by atoms with E-state index < -0.39 is 18.8 Å². The quantitative estimate of drug-likeness (QED) is 0.801. The molecule has 1 atom stereocenters. The molecule has 2 aliphatic rings. The smallest absolute Gasteiger partial charge is 0.491 e. The maximum absolute atomic E-state index is 10.7. The third-order valence-electron chi connectivity index (χ3n) is 3.75. The zero-order valence-corrected chi connectivity index (χ0v) is 12.3. The van der Waals surface area contributed by atoms with E-state index in [1.54, 1.807) is 0 Å². The first-order valence-corrected chi connectivity index (χ1v) is 6.94. The van der Waals surface area contributed by atoms with E-state index >= 15 is 0 Å². The molecule has 7 heteroatoms. The van der Waals surface area contributed by atoms with Crippen molar-refractivity contribution in [2.45, 2.75) is 32.5 Å². The summed E-state index contributed by atoms with van der Waals surface area (Å²) in [6, 6.07) is 3.88. The number of ether oxygens (including phenoxy) is 1. The second-order valence-corrected chi connectivity index (χ2v) is 6.02. The van der Waals surface area contributed by atoms with Crippen LogP contribution in [0, 0.1) is 6.92 Å². The van der Waals surface area contributed by atoms with E-state index in [1.165, 1.54) is 0 Å². The van der Waals surface area contributed by atoms with Gasteiger partial charge in [0, 0.05) is 12.0 Å². The molecule has 21 heavy (non-hydrogen) atoms. The highest BCUT2D eigenvalue weighted by Gasteiger charge is 2.46. The van der Waals surface area contributed by atoms with Gasteiger partial charge in [-0.05, 0) is 38.0 Å². The summed E-state index contributed by atoms with van der Waals surface area (Å²) in [4.78, 5) is 10.7. The predicted molar refractivity (Wildman–Crippen MR) is 77.1 cm³/mol. The normalized spacial score (nSPS) is 22.2. The summed E-state index contributed by atoms with van der Waals surface area (Å²) >= 11 is 0. The molecule has 0 aromatic heterocycles. The minimum atomic E-state index is -1.07. The van der Waals surface area contributed by atoms with Crippen LogP contribution in [0.4, 0.5) is 4.79 Å². The monoisotopic (exact) mass is 291 g/mol. The van der Waals surface area contributed by atoms with Crippen molar-refractivity contribution in [3.8, 4) is 5.75 Å². The topological polar surface area (TPSA) is 77.0 Å². The van der Waals surface area contributed by atoms with Crippen molar-refractivity contribution in [2.24, 2.45) is 0 Å². The minimum absolute atomic E-state index is 0.187. The third kappa shape index (κ3) is 2.58. The second-order valence-electron chi connectivity index (χ2n) is 6.02. The Morgan fingerprint density at radius 3 is 3.00 bits per heavy atom. The summed E-state index contributed by atoms with van der Waals surface area (Å²) < 4.78 is 17.8. The van der Waals surface area contributed by atoms with Gasteiger partial charge in [-0.1, -0.05) is 6.07 Å². The number of hydrogen-bond acceptors (Lipinski definition) is 4. The van der Waals surface area contributed by atoms with Crippen LogP contribution in [0.1, 0.15) is 31.1 Å². The second kappa shape index (κ2) is 4.93. The van der Waals surface area contributed by atoms with E-state index in [2.05, 4.69) is 5.32 Å². The number of nitrogens with one attached hydrogen (secondary N) is 1. The van der Waals surface area contributed by atoms with E-state index in [-0.39, 0.29) is 12.6 Å². The van der Waals surface area contributed by atoms with E-state index in [1.807, 2.05) is 32.9 Å². The fourth-order valence-electron chi connectivity index (χ4n) is 2.80. The first-order chi connectivity index (χ1) is 9.87. The molecule has 2 N–H and O–H groups in total. The van der Waals surface area contributed by atoms with Crippen molar-refractivity contribution < 1.29 is 23.9 Å². The Morgan fingerprint density at radius 1 is 1.52 bits per heavy atom. The number of aryl methyl sites for hydroxylation is 1. The lowest BCUT2D eigenvalue weighted by Crippen LogP contribution is -2.40. The molecule has 0 saturated heterocycles. The van der Waals surface area contributed by atoms with E-state index in [0.29, 0.717) is 6.61 Å². The van der Waals surface area contributed by atoms with Crippen LogP contribution in [0.5, 0.6) is 5.75 Å². The van der Waals surface area contributed by atoms with Crippen molar-refractivity contribution in [3.63, 3.8) is 0 Å². The molecule has 0 bridgehead atoms. The molecule has 1 aromatic rings. The Balaban J connectivity index is 1.99. The van der Waals surface area contributed by atoms with Gasteiger partial charge in [-0.2, -0.15) is 0 Å². The Labute approximate surface area is 123 Å². The van der Waals surface area contributed by atoms with E-state index in [0.717, 1.165) is 22.3 Å². The SMILES string of the molecule is Cc1ccc2c3c1[C@@H](CNC(=O)O)OB3OC(C)(C)CO2. The van der Waals surface area contributed by atoms with E-state index in [9.17, 15) is 4.79 Å². The lowest BCUT2D eigenvalue weighted by Gasteiger charge is -2.25. The molecule has 6 nitrogen and oxygen atoms in total. The van der Waals surface area contributed by atoms with Crippen molar-refractivity contribution in [2.75, 3.05) is 13.2 Å². The standard InChI is InChI=1S/C14H18BNO5/c1-8-4-5-9-12-11(8)10(6-16-13(17)18)20-15(12)21-14(2,3)7-19-9/h4-5,10,16H,6-7H2,1-3H3,(H,17,18)/t10-/m1/s1. The molecule has 0 radical (unpaired) electrons. The molecule has 0 aliphatic carbocycles. The van der Waals surface area contributed by atoms with Gasteiger partial charge in [0.25, 0.3) is 0 Å². The summed E-state index contributed by atoms with van der Waals surface area (Å²) in [6.45, 7) is 6.49. The van der Waals surface area contributed by atoms with Gasteiger partial charge in [-0.15, -0.1) is 0 Å². The molecule has 2 aliphatic heterocycles. The summed E-state index contributed by atoms with van der Waals surface area (Å²) in [7, 11) is -0.520. The van der Waals surface area contributed by atoms with Gasteiger partial charge in [0.15, 0.2) is 0 Å². The Kier molecular flexibility index (Phi) is 3.34. The predicted octanol–water partition coefficient (Wildman–Crippen LogP) is 1.22. The average molecular weight is 291 g/mol. The number of benzene rings is 1. The summed E-state index contributed by atoms with van der Waals surface area (Å²) in [5.74, 6) is 0.754. The minimum Gasteiger partial charge on any atom is -0.491 e. The van der Waals surface area contributed by atoms with Gasteiger partial charge in [0.1, 0.15) is 12.4 Å². The average Bonchev–Trinajstić information content (AvgIpc) is 2.68. The Hall–Kier alpha value is -1.73. The van der Waals surface area contributed by atoms with Crippen LogP contribution in [-0.4, -0.2) is 37.1 Å². The van der Waals surface area contributed by atoms with Gasteiger partial charge < -0.3 is 24.5 Å². The van der Waals surface area contributed by atoms with Gasteiger partial charge in [-0.3, -0.25) is 0 Å². The largest absolute Gasteiger partial charge is 0.499 e. The summed E-state index contributed by atoms with van der Waals surface area (Å²) in [5, 5.41) is 11.2. The van der Waals surface area contributed by atoms with Gasteiger partial charge >= 0.3 is 13.2 Å². The molecular formula is C14H18BNO5. The van der Waals surface area contributed by atoms with Gasteiger partial charge in [0.05, 0.1) is 11.7 Å². The lowest BCUT2D eigenvalue weighted by molar-refractivity contribution is 0.0272. The van der Waals surface area contributed by atoms with Crippen molar-refractivity contribution in [3.05, 3.63) is 23.3 Å². The number of amides is 1. The molecule has 1 aromatic carbocycles. The van der Waals surface area contributed by atoms with Gasteiger partial charge in [-0.25, -0.2) is 4.79 Å². The molecule has 0 fully saturated rings. The molecular weight excluding hydrogens is 273 g/mol. The summed E-state index contributed by atoms with van der Waals surface area (Å²) in [5.41, 5.74) is 2.42. The number of hydrogen-bond donors (Lipinski definition) is 2. The Bertz CT molecular complexity index is 589. The summed E-state index contributed by atoms with van der Waals surface area (Å²) in [6.07, 6.45) is -1.43. The molecule has 1 amide bonds. The van der Waals surface area contributed by atoms with Crippen LogP contribution in [0.3, 0.4) is 0 Å². The zero-order chi connectivity index (χ0) is 15.2.